The number of ether oxygens (including phenoxy) is 2. The molecule has 2 fully saturated rings. The molecule has 12 nitrogen and oxygen atoms in total. The number of nitrogens with zero attached hydrogens (tertiary/aromatic N) is 2. The van der Waals surface area contributed by atoms with E-state index in [9.17, 15) is 26.4 Å². The Kier molecular flexibility index (Phi) is 12.0. The molecule has 0 radical (unpaired) electrons. The molecule has 222 valence electrons. The fraction of sp³-hybridized carbons (Fsp3) is 0.680. The molecule has 1 aromatic rings. The Bertz CT molecular complexity index is 1140. The van der Waals surface area contributed by atoms with Crippen LogP contribution in [0.15, 0.2) is 30.3 Å². The van der Waals surface area contributed by atoms with Crippen molar-refractivity contribution in [2.45, 2.75) is 70.9 Å². The van der Waals surface area contributed by atoms with Crippen LogP contribution in [0.4, 0.5) is 9.59 Å². The van der Waals surface area contributed by atoms with Crippen LogP contribution in [0.2, 0.25) is 0 Å². The van der Waals surface area contributed by atoms with Gasteiger partial charge >= 0.3 is 12.2 Å². The van der Waals surface area contributed by atoms with E-state index in [-0.39, 0.29) is 31.0 Å². The molecule has 0 atom stereocenters. The van der Waals surface area contributed by atoms with Crippen LogP contribution in [-0.4, -0.2) is 95.3 Å². The van der Waals surface area contributed by atoms with E-state index in [1.54, 1.807) is 9.80 Å². The van der Waals surface area contributed by atoms with Crippen molar-refractivity contribution >= 4 is 32.4 Å². The summed E-state index contributed by atoms with van der Waals surface area (Å²) in [6.07, 6.45) is 2.65. The number of hydrogen-bond donors (Lipinski definition) is 0. The van der Waals surface area contributed by atoms with E-state index >= 15 is 0 Å². The van der Waals surface area contributed by atoms with Crippen molar-refractivity contribution in [3.05, 3.63) is 35.9 Å². The van der Waals surface area contributed by atoms with E-state index < -0.39 is 25.8 Å². The molecule has 1 aromatic carbocycles. The highest BCUT2D eigenvalue weighted by atomic mass is 32.2. The summed E-state index contributed by atoms with van der Waals surface area (Å²) in [7, 11) is -6.87. The zero-order valence-electron chi connectivity index (χ0n) is 23.2. The molecule has 2 aliphatic heterocycles. The van der Waals surface area contributed by atoms with Crippen LogP contribution in [0.5, 0.6) is 0 Å². The van der Waals surface area contributed by atoms with Crippen LogP contribution in [0.1, 0.15) is 52.0 Å². The largest absolute Gasteiger partial charge is 0.445 e. The predicted molar refractivity (Wildman–Crippen MR) is 144 cm³/mol. The molecule has 0 aromatic heterocycles. The van der Waals surface area contributed by atoms with Gasteiger partial charge in [0.15, 0.2) is 0 Å². The number of hydrogen-bond acceptors (Lipinski definition) is 10. The number of likely N-dealkylation sites (tertiary alicyclic amines) is 2. The summed E-state index contributed by atoms with van der Waals surface area (Å²) in [5, 5.41) is 0. The molecule has 0 saturated carbocycles. The number of amides is 2. The summed E-state index contributed by atoms with van der Waals surface area (Å²) in [6.45, 7) is 7.45. The van der Waals surface area contributed by atoms with Crippen LogP contribution < -0.4 is 0 Å². The monoisotopic (exact) mass is 592 g/mol. The summed E-state index contributed by atoms with van der Waals surface area (Å²) in [4.78, 5) is 26.8. The molecular weight excluding hydrogens is 552 g/mol. The van der Waals surface area contributed by atoms with Crippen LogP contribution in [-0.2, 0) is 44.7 Å². The number of carbonyl (C=O) groups is 2. The van der Waals surface area contributed by atoms with Gasteiger partial charge in [-0.25, -0.2) is 9.59 Å². The van der Waals surface area contributed by atoms with Gasteiger partial charge in [0.05, 0.1) is 24.7 Å². The summed E-state index contributed by atoms with van der Waals surface area (Å²) < 4.78 is 64.3. The molecule has 2 heterocycles. The van der Waals surface area contributed by atoms with Crippen molar-refractivity contribution in [2.24, 2.45) is 0 Å². The maximum atomic E-state index is 11.9. The molecule has 14 heteroatoms. The molecule has 0 N–H and O–H groups in total. The average molecular weight is 593 g/mol. The molecule has 2 aliphatic rings. The van der Waals surface area contributed by atoms with Gasteiger partial charge in [-0.2, -0.15) is 16.8 Å². The lowest BCUT2D eigenvalue weighted by atomic mass is 10.1. The molecule has 0 bridgehead atoms. The van der Waals surface area contributed by atoms with Gasteiger partial charge in [-0.15, -0.1) is 0 Å². The minimum absolute atomic E-state index is 0.236. The van der Waals surface area contributed by atoms with Gasteiger partial charge < -0.3 is 19.3 Å². The Morgan fingerprint density at radius 1 is 0.769 bits per heavy atom. The van der Waals surface area contributed by atoms with E-state index in [1.807, 2.05) is 51.1 Å². The fourth-order valence-corrected chi connectivity index (χ4v) is 5.27. The lowest BCUT2D eigenvalue weighted by molar-refractivity contribution is 0.0134. The zero-order valence-corrected chi connectivity index (χ0v) is 24.8. The van der Waals surface area contributed by atoms with Gasteiger partial charge in [-0.05, 0) is 52.0 Å². The molecule has 39 heavy (non-hydrogen) atoms. The van der Waals surface area contributed by atoms with E-state index in [0.29, 0.717) is 51.9 Å². The number of piperidine rings is 2. The maximum Gasteiger partial charge on any atom is 0.410 e. The van der Waals surface area contributed by atoms with Gasteiger partial charge in [-0.1, -0.05) is 30.3 Å². The Balaban J connectivity index is 0.000000277. The highest BCUT2D eigenvalue weighted by Crippen LogP contribution is 2.19. The third kappa shape index (κ3) is 14.0. The summed E-state index contributed by atoms with van der Waals surface area (Å²) in [5.74, 6) is 0. The molecule has 2 saturated heterocycles. The Labute approximate surface area is 231 Å². The minimum atomic E-state index is -3.44. The molecule has 0 unspecified atom stereocenters. The molecule has 0 spiro atoms. The third-order valence-corrected chi connectivity index (χ3v) is 6.86. The molecule has 0 aliphatic carbocycles. The van der Waals surface area contributed by atoms with Crippen molar-refractivity contribution in [1.82, 2.24) is 9.80 Å². The highest BCUT2D eigenvalue weighted by Gasteiger charge is 2.29. The van der Waals surface area contributed by atoms with Crippen LogP contribution >= 0.6 is 0 Å². The smallest absolute Gasteiger partial charge is 0.410 e. The third-order valence-electron chi connectivity index (χ3n) is 5.62. The zero-order chi connectivity index (χ0) is 29.3. The van der Waals surface area contributed by atoms with E-state index in [1.165, 1.54) is 0 Å². The van der Waals surface area contributed by atoms with Crippen molar-refractivity contribution in [2.75, 3.05) is 38.7 Å². The quantitative estimate of drug-likeness (QED) is 0.452. The van der Waals surface area contributed by atoms with Crippen LogP contribution in [0.25, 0.3) is 0 Å². The highest BCUT2D eigenvalue weighted by molar-refractivity contribution is 7.86. The van der Waals surface area contributed by atoms with Gasteiger partial charge in [0.25, 0.3) is 20.2 Å². The number of carbonyl (C=O) groups excluding carboxylic acids is 2. The first-order chi connectivity index (χ1) is 18.0. The van der Waals surface area contributed by atoms with E-state index in [2.05, 4.69) is 0 Å². The van der Waals surface area contributed by atoms with Gasteiger partial charge in [0, 0.05) is 26.2 Å². The Morgan fingerprint density at radius 3 is 1.56 bits per heavy atom. The standard InChI is InChI=1S/C14H19NO5S.C11H21NO5S/c1-21(17,18)20-13-7-9-15(10-8-13)14(16)19-11-12-5-3-2-4-6-12;1-11(2,3)16-10(13)12-7-5-9(6-8-12)17-18(4,14)15/h2-6,13H,7-11H2,1H3;9H,5-8H2,1-4H3. The molecule has 3 rings (SSSR count). The minimum Gasteiger partial charge on any atom is -0.445 e. The van der Waals surface area contributed by atoms with Gasteiger partial charge in [-0.3, -0.25) is 8.37 Å². The summed E-state index contributed by atoms with van der Waals surface area (Å²) >= 11 is 0. The lowest BCUT2D eigenvalue weighted by Gasteiger charge is -2.32. The molecule has 2 amide bonds. The van der Waals surface area contributed by atoms with Crippen molar-refractivity contribution < 1.29 is 44.3 Å². The topological polar surface area (TPSA) is 146 Å². The average Bonchev–Trinajstić information content (AvgIpc) is 2.81. The van der Waals surface area contributed by atoms with Crippen molar-refractivity contribution in [3.8, 4) is 0 Å². The van der Waals surface area contributed by atoms with Crippen molar-refractivity contribution in [1.29, 1.82) is 0 Å². The Morgan fingerprint density at radius 2 is 1.18 bits per heavy atom. The SMILES string of the molecule is CC(C)(C)OC(=O)N1CCC(OS(C)(=O)=O)CC1.CS(=O)(=O)OC1CCN(C(=O)OCc2ccccc2)CC1. The number of rotatable bonds is 6. The van der Waals surface area contributed by atoms with Gasteiger partial charge in [0.2, 0.25) is 0 Å². The number of benzene rings is 1. The predicted octanol–water partition coefficient (Wildman–Crippen LogP) is 3.13. The first-order valence-electron chi connectivity index (χ1n) is 12.7. The first kappa shape index (κ1) is 32.8. The normalized spacial score (nSPS) is 17.7. The first-order valence-corrected chi connectivity index (χ1v) is 16.3. The fourth-order valence-electron chi connectivity index (χ4n) is 3.90. The van der Waals surface area contributed by atoms with E-state index in [0.717, 1.165) is 18.1 Å². The lowest BCUT2D eigenvalue weighted by Crippen LogP contribution is -2.43. The second-order valence-corrected chi connectivity index (χ2v) is 13.7. The molecular formula is C25H40N2O10S2. The second kappa shape index (κ2) is 14.3. The Hall–Kier alpha value is -2.42. The van der Waals surface area contributed by atoms with Crippen molar-refractivity contribution in [3.63, 3.8) is 0 Å². The second-order valence-electron chi connectivity index (χ2n) is 10.5. The van der Waals surface area contributed by atoms with Crippen LogP contribution in [0.3, 0.4) is 0 Å². The summed E-state index contributed by atoms with van der Waals surface area (Å²) in [6, 6.07) is 9.45. The van der Waals surface area contributed by atoms with E-state index in [4.69, 9.17) is 17.8 Å². The van der Waals surface area contributed by atoms with Crippen LogP contribution in [0, 0.1) is 0 Å². The summed E-state index contributed by atoms with van der Waals surface area (Å²) in [5.41, 5.74) is 0.415. The van der Waals surface area contributed by atoms with Gasteiger partial charge in [0.1, 0.15) is 12.2 Å². The maximum absolute atomic E-state index is 11.9.